The van der Waals surface area contributed by atoms with Crippen molar-refractivity contribution in [3.8, 4) is 11.3 Å². The van der Waals surface area contributed by atoms with Crippen LogP contribution in [0.5, 0.6) is 0 Å². The third-order valence-electron chi connectivity index (χ3n) is 7.16. The Morgan fingerprint density at radius 1 is 1.11 bits per heavy atom. The van der Waals surface area contributed by atoms with E-state index in [0.717, 1.165) is 28.6 Å². The summed E-state index contributed by atoms with van der Waals surface area (Å²) in [4.78, 5) is 14.9. The quantitative estimate of drug-likeness (QED) is 0.338. The van der Waals surface area contributed by atoms with E-state index in [1.165, 1.54) is 11.1 Å². The summed E-state index contributed by atoms with van der Waals surface area (Å²) in [6.07, 6.45) is -2.58. The summed E-state index contributed by atoms with van der Waals surface area (Å²) < 4.78 is 78.2. The van der Waals surface area contributed by atoms with Gasteiger partial charge in [-0.15, -0.1) is 5.10 Å². The minimum atomic E-state index is -3.25. The molecule has 2 N–H and O–H groups in total. The number of benzene rings is 2. The number of aliphatic hydroxyl groups is 2. The summed E-state index contributed by atoms with van der Waals surface area (Å²) in [6, 6.07) is 5.06. The minimum absolute atomic E-state index is 0.0109. The van der Waals surface area contributed by atoms with Gasteiger partial charge in [-0.3, -0.25) is 4.79 Å². The van der Waals surface area contributed by atoms with E-state index >= 15 is 0 Å². The number of thioether (sulfide) groups is 1. The molecule has 11 nitrogen and oxygen atoms in total. The van der Waals surface area contributed by atoms with Crippen molar-refractivity contribution in [3.05, 3.63) is 64.0 Å². The van der Waals surface area contributed by atoms with Gasteiger partial charge in [-0.1, -0.05) is 40.2 Å². The minimum Gasteiger partial charge on any atom is -0.394 e. The Morgan fingerprint density at radius 3 is 2.43 bits per heavy atom. The number of sulfone groups is 1. The normalized spacial score (nSPS) is 25.2. The van der Waals surface area contributed by atoms with Crippen LogP contribution in [0.4, 0.5) is 13.2 Å². The number of aliphatic hydroxyl groups excluding tert-OH is 2. The van der Waals surface area contributed by atoms with Crippen LogP contribution in [0.2, 0.25) is 10.0 Å². The van der Waals surface area contributed by atoms with Crippen LogP contribution in [0.3, 0.4) is 0 Å². The van der Waals surface area contributed by atoms with Crippen LogP contribution in [-0.2, 0) is 24.1 Å². The zero-order chi connectivity index (χ0) is 31.8. The summed E-state index contributed by atoms with van der Waals surface area (Å²) in [5.41, 5.74) is -1.21. The summed E-state index contributed by atoms with van der Waals surface area (Å²) >= 11 is 13.3. The van der Waals surface area contributed by atoms with Gasteiger partial charge in [0.2, 0.25) is 5.91 Å². The van der Waals surface area contributed by atoms with Crippen LogP contribution in [0, 0.1) is 17.5 Å². The molecule has 18 heteroatoms. The highest BCUT2D eigenvalue weighted by Gasteiger charge is 2.48. The van der Waals surface area contributed by atoms with Gasteiger partial charge in [-0.05, 0) is 30.3 Å². The SMILES string of the molecule is O=C(CO[C@@H]1[C@@H](n2cc(-c3cc(F)c(F)c(F)c3)nn2)[C@@H](O)[C@@H](CO)O[C@@H]1Sc1ccc(Cl)c(Cl)c1)N1CCS(=O)(=O)CC1. The fourth-order valence-corrected chi connectivity index (χ4v) is 7.54. The molecule has 1 amide bonds. The monoisotopic (exact) mass is 696 g/mol. The Hall–Kier alpha value is -2.44. The van der Waals surface area contributed by atoms with Crippen LogP contribution < -0.4 is 0 Å². The zero-order valence-electron chi connectivity index (χ0n) is 22.5. The van der Waals surface area contributed by atoms with E-state index in [1.54, 1.807) is 18.2 Å². The highest BCUT2D eigenvalue weighted by Crippen LogP contribution is 2.41. The Morgan fingerprint density at radius 2 is 1.80 bits per heavy atom. The molecule has 0 aliphatic carbocycles. The largest absolute Gasteiger partial charge is 0.394 e. The number of rotatable bonds is 8. The summed E-state index contributed by atoms with van der Waals surface area (Å²) in [5.74, 6) is -5.42. The molecule has 5 rings (SSSR count). The van der Waals surface area contributed by atoms with Gasteiger partial charge in [0.05, 0.1) is 34.4 Å². The van der Waals surface area contributed by atoms with Crippen LogP contribution in [0.15, 0.2) is 41.4 Å². The smallest absolute Gasteiger partial charge is 0.248 e. The fraction of sp³-hybridized carbons (Fsp3) is 0.423. The van der Waals surface area contributed by atoms with E-state index in [4.69, 9.17) is 32.7 Å². The van der Waals surface area contributed by atoms with Gasteiger partial charge in [0.15, 0.2) is 27.3 Å². The molecule has 0 radical (unpaired) electrons. The number of nitrogens with zero attached hydrogens (tertiary/aromatic N) is 4. The number of amides is 1. The molecule has 2 aromatic carbocycles. The van der Waals surface area contributed by atoms with Crippen LogP contribution in [0.25, 0.3) is 11.3 Å². The number of hydrogen-bond acceptors (Lipinski definition) is 10. The van der Waals surface area contributed by atoms with Crippen molar-refractivity contribution < 1.29 is 46.1 Å². The zero-order valence-corrected chi connectivity index (χ0v) is 25.7. The molecule has 2 aliphatic rings. The number of halogens is 5. The molecule has 0 unspecified atom stereocenters. The van der Waals surface area contributed by atoms with E-state index in [-0.39, 0.29) is 40.9 Å². The topological polar surface area (TPSA) is 144 Å². The predicted octanol–water partition coefficient (Wildman–Crippen LogP) is 2.72. The van der Waals surface area contributed by atoms with Crippen molar-refractivity contribution in [1.82, 2.24) is 19.9 Å². The average Bonchev–Trinajstić information content (AvgIpc) is 3.47. The van der Waals surface area contributed by atoms with Gasteiger partial charge >= 0.3 is 0 Å². The number of aromatic nitrogens is 3. The lowest BCUT2D eigenvalue weighted by Gasteiger charge is -2.44. The van der Waals surface area contributed by atoms with Crippen molar-refractivity contribution in [2.75, 3.05) is 37.8 Å². The molecule has 3 aromatic rings. The lowest BCUT2D eigenvalue weighted by Crippen LogP contribution is -2.56. The molecule has 0 spiro atoms. The van der Waals surface area contributed by atoms with Crippen LogP contribution in [-0.4, -0.2) is 106 Å². The number of carbonyl (C=O) groups is 1. The first-order valence-corrected chi connectivity index (χ1v) is 16.5. The average molecular weight is 698 g/mol. The van der Waals surface area contributed by atoms with Gasteiger partial charge < -0.3 is 24.6 Å². The molecule has 0 saturated carbocycles. The van der Waals surface area contributed by atoms with Crippen molar-refractivity contribution in [2.45, 2.75) is 34.7 Å². The first kappa shape index (κ1) is 32.9. The van der Waals surface area contributed by atoms with E-state index in [1.807, 2.05) is 0 Å². The third kappa shape index (κ3) is 7.17. The molecular formula is C26H25Cl2F3N4O7S2. The standard InChI is InChI=1S/C26H25Cl2F3N4O7S2/c27-15-2-1-14(9-16(15)28)43-26-25(41-12-21(37)34-3-5-44(39,40)6-4-34)23(24(38)20(11-36)42-26)35-10-19(32-33-35)13-7-17(29)22(31)18(30)8-13/h1-2,7-10,20,23-26,36,38H,3-6,11-12H2/t20-,23+,24+,25-,26-/m1/s1. The summed E-state index contributed by atoms with van der Waals surface area (Å²) in [5, 5.41) is 29.8. The number of carbonyl (C=O) groups excluding carboxylic acids is 1. The molecule has 3 heterocycles. The van der Waals surface area contributed by atoms with Gasteiger partial charge in [0.1, 0.15) is 42.1 Å². The van der Waals surface area contributed by atoms with Gasteiger partial charge in [0.25, 0.3) is 0 Å². The summed E-state index contributed by atoms with van der Waals surface area (Å²) in [6.45, 7) is -1.18. The lowest BCUT2D eigenvalue weighted by molar-refractivity contribution is -0.195. The Bertz CT molecular complexity index is 1610. The molecule has 2 aliphatic heterocycles. The van der Waals surface area contributed by atoms with E-state index in [0.29, 0.717) is 9.92 Å². The van der Waals surface area contributed by atoms with E-state index < -0.39 is 76.2 Å². The highest BCUT2D eigenvalue weighted by molar-refractivity contribution is 7.99. The number of ether oxygens (including phenoxy) is 2. The lowest BCUT2D eigenvalue weighted by atomic mass is 9.97. The fourth-order valence-electron chi connectivity index (χ4n) is 4.80. The molecule has 0 bridgehead atoms. The maximum Gasteiger partial charge on any atom is 0.248 e. The maximum atomic E-state index is 13.9. The molecular weight excluding hydrogens is 672 g/mol. The van der Waals surface area contributed by atoms with E-state index in [9.17, 15) is 36.6 Å². The highest BCUT2D eigenvalue weighted by atomic mass is 35.5. The second-order valence-corrected chi connectivity index (χ2v) is 14.3. The Balaban J connectivity index is 1.47. The second-order valence-electron chi connectivity index (χ2n) is 10.0. The second kappa shape index (κ2) is 13.5. The van der Waals surface area contributed by atoms with Crippen molar-refractivity contribution >= 4 is 50.7 Å². The predicted molar refractivity (Wildman–Crippen MR) is 153 cm³/mol. The molecule has 1 aromatic heterocycles. The van der Waals surface area contributed by atoms with Crippen LogP contribution in [0.1, 0.15) is 6.04 Å². The van der Waals surface area contributed by atoms with Crippen molar-refractivity contribution in [3.63, 3.8) is 0 Å². The third-order valence-corrected chi connectivity index (χ3v) is 10.6. The Labute approximate surface area is 263 Å². The molecule has 2 fully saturated rings. The Kier molecular flexibility index (Phi) is 10.1. The number of hydrogen-bond donors (Lipinski definition) is 2. The van der Waals surface area contributed by atoms with Gasteiger partial charge in [0, 0.05) is 23.5 Å². The van der Waals surface area contributed by atoms with Crippen molar-refractivity contribution in [1.29, 1.82) is 0 Å². The van der Waals surface area contributed by atoms with Gasteiger partial charge in [-0.25, -0.2) is 26.3 Å². The first-order valence-electron chi connectivity index (χ1n) is 13.1. The molecule has 44 heavy (non-hydrogen) atoms. The maximum absolute atomic E-state index is 13.9. The van der Waals surface area contributed by atoms with Crippen LogP contribution >= 0.6 is 35.0 Å². The summed E-state index contributed by atoms with van der Waals surface area (Å²) in [7, 11) is -3.25. The molecule has 238 valence electrons. The molecule has 5 atom stereocenters. The van der Waals surface area contributed by atoms with Crippen molar-refractivity contribution in [2.24, 2.45) is 0 Å². The van der Waals surface area contributed by atoms with Gasteiger partial charge in [-0.2, -0.15) is 0 Å². The van der Waals surface area contributed by atoms with E-state index in [2.05, 4.69) is 10.3 Å². The first-order chi connectivity index (χ1) is 20.9. The molecule has 2 saturated heterocycles.